The van der Waals surface area contributed by atoms with Crippen molar-refractivity contribution in [1.29, 1.82) is 0 Å². The van der Waals surface area contributed by atoms with Crippen molar-refractivity contribution in [2.45, 2.75) is 13.1 Å². The fourth-order valence-corrected chi connectivity index (χ4v) is 3.06. The third-order valence-corrected chi connectivity index (χ3v) is 4.38. The monoisotopic (exact) mass is 328 g/mol. The summed E-state index contributed by atoms with van der Waals surface area (Å²) in [6.07, 6.45) is 2.11. The minimum absolute atomic E-state index is 0.0290. The Kier molecular flexibility index (Phi) is 5.34. The number of anilines is 1. The SMILES string of the molecule is OCCOc1ccc(NCc2cccn2Cc2cccs2)cc1. The predicted molar refractivity (Wildman–Crippen MR) is 94.2 cm³/mol. The van der Waals surface area contributed by atoms with Crippen molar-refractivity contribution in [3.8, 4) is 5.75 Å². The number of aliphatic hydroxyl groups is 1. The predicted octanol–water partition coefficient (Wildman–Crippen LogP) is 3.58. The molecule has 0 saturated carbocycles. The summed E-state index contributed by atoms with van der Waals surface area (Å²) in [5.74, 6) is 0.769. The highest BCUT2D eigenvalue weighted by atomic mass is 32.1. The number of aromatic nitrogens is 1. The number of thiophene rings is 1. The van der Waals surface area contributed by atoms with Gasteiger partial charge in [0.15, 0.2) is 0 Å². The van der Waals surface area contributed by atoms with Crippen LogP contribution in [0.25, 0.3) is 0 Å². The molecule has 0 spiro atoms. The molecule has 0 saturated heterocycles. The molecule has 2 heterocycles. The van der Waals surface area contributed by atoms with Crippen molar-refractivity contribution in [2.75, 3.05) is 18.5 Å². The van der Waals surface area contributed by atoms with Gasteiger partial charge in [0.25, 0.3) is 0 Å². The maximum atomic E-state index is 8.75. The van der Waals surface area contributed by atoms with Gasteiger partial charge in [0.2, 0.25) is 0 Å². The van der Waals surface area contributed by atoms with E-state index in [0.717, 1.165) is 24.5 Å². The first kappa shape index (κ1) is 15.6. The molecule has 0 aliphatic carbocycles. The van der Waals surface area contributed by atoms with Gasteiger partial charge in [-0.15, -0.1) is 11.3 Å². The Bertz CT molecular complexity index is 705. The van der Waals surface area contributed by atoms with Crippen LogP contribution in [0.1, 0.15) is 10.6 Å². The number of ether oxygens (including phenoxy) is 1. The number of nitrogens with zero attached hydrogens (tertiary/aromatic N) is 1. The number of hydrogen-bond donors (Lipinski definition) is 2. The maximum Gasteiger partial charge on any atom is 0.119 e. The highest BCUT2D eigenvalue weighted by molar-refractivity contribution is 7.09. The van der Waals surface area contributed by atoms with E-state index >= 15 is 0 Å². The quantitative estimate of drug-likeness (QED) is 0.664. The van der Waals surface area contributed by atoms with Crippen LogP contribution in [0, 0.1) is 0 Å². The van der Waals surface area contributed by atoms with Gasteiger partial charge in [0.1, 0.15) is 12.4 Å². The van der Waals surface area contributed by atoms with Gasteiger partial charge < -0.3 is 19.7 Å². The van der Waals surface area contributed by atoms with E-state index in [1.165, 1.54) is 10.6 Å². The van der Waals surface area contributed by atoms with Crippen LogP contribution in [0.4, 0.5) is 5.69 Å². The molecule has 0 aliphatic heterocycles. The van der Waals surface area contributed by atoms with E-state index in [0.29, 0.717) is 6.61 Å². The third-order valence-electron chi connectivity index (χ3n) is 3.52. The molecule has 0 atom stereocenters. The first-order valence-electron chi connectivity index (χ1n) is 7.59. The lowest BCUT2D eigenvalue weighted by molar-refractivity contribution is 0.201. The van der Waals surface area contributed by atoms with E-state index in [4.69, 9.17) is 9.84 Å². The number of hydrogen-bond acceptors (Lipinski definition) is 4. The van der Waals surface area contributed by atoms with Gasteiger partial charge >= 0.3 is 0 Å². The van der Waals surface area contributed by atoms with Crippen molar-refractivity contribution in [1.82, 2.24) is 4.57 Å². The molecule has 0 bridgehead atoms. The van der Waals surface area contributed by atoms with Crippen molar-refractivity contribution >= 4 is 17.0 Å². The van der Waals surface area contributed by atoms with Crippen LogP contribution in [0.2, 0.25) is 0 Å². The van der Waals surface area contributed by atoms with Crippen LogP contribution >= 0.6 is 11.3 Å². The van der Waals surface area contributed by atoms with Crippen molar-refractivity contribution in [2.24, 2.45) is 0 Å². The smallest absolute Gasteiger partial charge is 0.119 e. The van der Waals surface area contributed by atoms with E-state index < -0.39 is 0 Å². The Balaban J connectivity index is 1.57. The minimum atomic E-state index is 0.0290. The van der Waals surface area contributed by atoms with E-state index in [1.54, 1.807) is 11.3 Å². The van der Waals surface area contributed by atoms with Crippen LogP contribution in [0.15, 0.2) is 60.1 Å². The minimum Gasteiger partial charge on any atom is -0.491 e. The van der Waals surface area contributed by atoms with E-state index in [1.807, 2.05) is 24.3 Å². The fraction of sp³-hybridized carbons (Fsp3) is 0.222. The fourth-order valence-electron chi connectivity index (χ4n) is 2.36. The second-order valence-corrected chi connectivity index (χ2v) is 6.19. The second kappa shape index (κ2) is 7.85. The number of benzene rings is 1. The molecule has 2 aromatic heterocycles. The van der Waals surface area contributed by atoms with Gasteiger partial charge in [0.05, 0.1) is 19.7 Å². The third kappa shape index (κ3) is 4.37. The number of aliphatic hydroxyl groups excluding tert-OH is 1. The molecule has 0 fully saturated rings. The van der Waals surface area contributed by atoms with Crippen LogP contribution in [0.5, 0.6) is 5.75 Å². The van der Waals surface area contributed by atoms with E-state index in [-0.39, 0.29) is 6.61 Å². The highest BCUT2D eigenvalue weighted by Crippen LogP contribution is 2.17. The summed E-state index contributed by atoms with van der Waals surface area (Å²) >= 11 is 1.78. The lowest BCUT2D eigenvalue weighted by Gasteiger charge is -2.11. The zero-order valence-electron chi connectivity index (χ0n) is 12.8. The Morgan fingerprint density at radius 1 is 1.09 bits per heavy atom. The summed E-state index contributed by atoms with van der Waals surface area (Å²) in [5.41, 5.74) is 2.30. The lowest BCUT2D eigenvalue weighted by atomic mass is 10.3. The Morgan fingerprint density at radius 2 is 1.96 bits per heavy atom. The molecule has 0 aliphatic rings. The van der Waals surface area contributed by atoms with Crippen LogP contribution in [-0.4, -0.2) is 22.9 Å². The summed E-state index contributed by atoms with van der Waals surface area (Å²) < 4.78 is 7.62. The summed E-state index contributed by atoms with van der Waals surface area (Å²) in [4.78, 5) is 1.35. The summed E-state index contributed by atoms with van der Waals surface area (Å²) in [6, 6.07) is 16.2. The van der Waals surface area contributed by atoms with Gasteiger partial charge in [-0.1, -0.05) is 6.07 Å². The van der Waals surface area contributed by atoms with Gasteiger partial charge in [-0.25, -0.2) is 0 Å². The summed E-state index contributed by atoms with van der Waals surface area (Å²) in [6.45, 7) is 2.04. The second-order valence-electron chi connectivity index (χ2n) is 5.16. The first-order chi connectivity index (χ1) is 11.3. The van der Waals surface area contributed by atoms with Crippen molar-refractivity contribution in [3.05, 3.63) is 70.7 Å². The van der Waals surface area contributed by atoms with Crippen molar-refractivity contribution < 1.29 is 9.84 Å². The highest BCUT2D eigenvalue weighted by Gasteiger charge is 2.03. The Morgan fingerprint density at radius 3 is 2.70 bits per heavy atom. The molecule has 23 heavy (non-hydrogen) atoms. The van der Waals surface area contributed by atoms with Crippen LogP contribution in [0.3, 0.4) is 0 Å². The average Bonchev–Trinajstić information content (AvgIpc) is 3.24. The molecular formula is C18H20N2O2S. The zero-order valence-corrected chi connectivity index (χ0v) is 13.6. The molecule has 5 heteroatoms. The summed E-state index contributed by atoms with van der Waals surface area (Å²) in [5, 5.41) is 14.3. The molecule has 0 unspecified atom stereocenters. The van der Waals surface area contributed by atoms with Gasteiger partial charge in [0, 0.05) is 22.5 Å². The standard InChI is InChI=1S/C18H20N2O2S/c21-10-11-22-17-7-5-15(6-8-17)19-13-16-3-1-9-20(16)14-18-4-2-12-23-18/h1-9,12,19,21H,10-11,13-14H2. The normalized spacial score (nSPS) is 10.7. The van der Waals surface area contributed by atoms with Gasteiger partial charge in [-0.05, 0) is 47.8 Å². The molecular weight excluding hydrogens is 308 g/mol. The maximum absolute atomic E-state index is 8.75. The Labute approximate surface area is 140 Å². The lowest BCUT2D eigenvalue weighted by Crippen LogP contribution is -2.07. The van der Waals surface area contributed by atoms with Gasteiger partial charge in [-0.3, -0.25) is 0 Å². The molecule has 1 aromatic carbocycles. The largest absolute Gasteiger partial charge is 0.491 e. The molecule has 3 rings (SSSR count). The molecule has 2 N–H and O–H groups in total. The first-order valence-corrected chi connectivity index (χ1v) is 8.47. The molecule has 3 aromatic rings. The topological polar surface area (TPSA) is 46.4 Å². The number of nitrogens with one attached hydrogen (secondary N) is 1. The molecule has 120 valence electrons. The van der Waals surface area contributed by atoms with Crippen molar-refractivity contribution in [3.63, 3.8) is 0 Å². The molecule has 4 nitrogen and oxygen atoms in total. The zero-order chi connectivity index (χ0) is 15.9. The average molecular weight is 328 g/mol. The summed E-state index contributed by atoms with van der Waals surface area (Å²) in [7, 11) is 0. The molecule has 0 amide bonds. The van der Waals surface area contributed by atoms with Crippen LogP contribution in [-0.2, 0) is 13.1 Å². The van der Waals surface area contributed by atoms with Crippen LogP contribution < -0.4 is 10.1 Å². The van der Waals surface area contributed by atoms with E-state index in [9.17, 15) is 0 Å². The Hall–Kier alpha value is -2.24. The number of rotatable bonds is 8. The molecule has 0 radical (unpaired) electrons. The van der Waals surface area contributed by atoms with Gasteiger partial charge in [-0.2, -0.15) is 0 Å². The van der Waals surface area contributed by atoms with E-state index in [2.05, 4.69) is 45.7 Å².